The van der Waals surface area contributed by atoms with E-state index in [0.717, 1.165) is 16.9 Å². The Morgan fingerprint density at radius 3 is 2.47 bits per heavy atom. The number of hydrogen-bond donors (Lipinski definition) is 2. The molecule has 0 aliphatic carbocycles. The van der Waals surface area contributed by atoms with E-state index in [2.05, 4.69) is 5.43 Å². The Morgan fingerprint density at radius 2 is 1.89 bits per heavy atom. The minimum Gasteiger partial charge on any atom is -0.494 e. The van der Waals surface area contributed by atoms with Gasteiger partial charge in [-0.15, -0.1) is 0 Å². The van der Waals surface area contributed by atoms with Gasteiger partial charge in [-0.3, -0.25) is 5.84 Å². The van der Waals surface area contributed by atoms with Crippen LogP contribution in [0.2, 0.25) is 0 Å². The summed E-state index contributed by atoms with van der Waals surface area (Å²) in [5.74, 6) is 6.11. The summed E-state index contributed by atoms with van der Waals surface area (Å²) in [6.45, 7) is 2.56. The summed E-state index contributed by atoms with van der Waals surface area (Å²) in [6.07, 6.45) is 0. The monoisotopic (exact) mass is 260 g/mol. The average Bonchev–Trinajstić information content (AvgIpc) is 2.42. The Balaban J connectivity index is 2.26. The van der Waals surface area contributed by atoms with Gasteiger partial charge >= 0.3 is 0 Å². The summed E-state index contributed by atoms with van der Waals surface area (Å²) < 4.78 is 18.6. The molecule has 0 aliphatic heterocycles. The van der Waals surface area contributed by atoms with Gasteiger partial charge in [0.2, 0.25) is 0 Å². The highest BCUT2D eigenvalue weighted by Gasteiger charge is 2.12. The maximum atomic E-state index is 13.3. The first-order valence-corrected chi connectivity index (χ1v) is 6.19. The normalized spacial score (nSPS) is 12.2. The molecule has 2 rings (SSSR count). The number of nitrogens with one attached hydrogen (secondary N) is 1. The lowest BCUT2D eigenvalue weighted by Crippen LogP contribution is -2.28. The molecule has 0 spiro atoms. The Kier molecular flexibility index (Phi) is 4.49. The highest BCUT2D eigenvalue weighted by molar-refractivity contribution is 5.35. The van der Waals surface area contributed by atoms with Crippen LogP contribution in [0.1, 0.15) is 24.1 Å². The summed E-state index contributed by atoms with van der Waals surface area (Å²) in [5.41, 5.74) is 4.44. The van der Waals surface area contributed by atoms with Crippen molar-refractivity contribution < 1.29 is 9.13 Å². The topological polar surface area (TPSA) is 47.3 Å². The number of benzene rings is 2. The second kappa shape index (κ2) is 6.31. The van der Waals surface area contributed by atoms with Crippen molar-refractivity contribution in [1.82, 2.24) is 5.43 Å². The third-order valence-electron chi connectivity index (χ3n) is 2.87. The SMILES string of the molecule is CCOc1ccc(C(NN)c2cccc(F)c2)cc1. The van der Waals surface area contributed by atoms with Crippen LogP contribution in [0.5, 0.6) is 5.75 Å². The van der Waals surface area contributed by atoms with Crippen molar-refractivity contribution in [2.24, 2.45) is 5.84 Å². The average molecular weight is 260 g/mol. The lowest BCUT2D eigenvalue weighted by molar-refractivity contribution is 0.340. The molecule has 0 aliphatic rings. The zero-order chi connectivity index (χ0) is 13.7. The zero-order valence-electron chi connectivity index (χ0n) is 10.8. The van der Waals surface area contributed by atoms with E-state index in [4.69, 9.17) is 10.6 Å². The molecular formula is C15H17FN2O. The number of ether oxygens (including phenoxy) is 1. The minimum absolute atomic E-state index is 0.244. The van der Waals surface area contributed by atoms with Gasteiger partial charge in [-0.2, -0.15) is 0 Å². The highest BCUT2D eigenvalue weighted by atomic mass is 19.1. The predicted molar refractivity (Wildman–Crippen MR) is 73.2 cm³/mol. The van der Waals surface area contributed by atoms with Crippen molar-refractivity contribution in [2.75, 3.05) is 6.61 Å². The fourth-order valence-corrected chi connectivity index (χ4v) is 1.99. The van der Waals surface area contributed by atoms with E-state index in [1.807, 2.05) is 37.3 Å². The van der Waals surface area contributed by atoms with Crippen LogP contribution in [0.3, 0.4) is 0 Å². The van der Waals surface area contributed by atoms with Crippen LogP contribution in [0.25, 0.3) is 0 Å². The molecule has 19 heavy (non-hydrogen) atoms. The van der Waals surface area contributed by atoms with Crippen molar-refractivity contribution in [2.45, 2.75) is 13.0 Å². The second-order valence-electron chi connectivity index (χ2n) is 4.16. The Hall–Kier alpha value is -1.91. The molecule has 1 unspecified atom stereocenters. The van der Waals surface area contributed by atoms with Crippen LogP contribution >= 0.6 is 0 Å². The number of halogens is 1. The summed E-state index contributed by atoms with van der Waals surface area (Å²) in [5, 5.41) is 0. The first-order valence-electron chi connectivity index (χ1n) is 6.19. The first kappa shape index (κ1) is 13.5. The fraction of sp³-hybridized carbons (Fsp3) is 0.200. The van der Waals surface area contributed by atoms with Crippen LogP contribution in [-0.4, -0.2) is 6.61 Å². The summed E-state index contributed by atoms with van der Waals surface area (Å²) >= 11 is 0. The molecule has 0 bridgehead atoms. The van der Waals surface area contributed by atoms with Gasteiger partial charge in [0.25, 0.3) is 0 Å². The van der Waals surface area contributed by atoms with Gasteiger partial charge in [-0.1, -0.05) is 24.3 Å². The second-order valence-corrected chi connectivity index (χ2v) is 4.16. The third-order valence-corrected chi connectivity index (χ3v) is 2.87. The number of hydrogen-bond acceptors (Lipinski definition) is 3. The van der Waals surface area contributed by atoms with Crippen molar-refractivity contribution in [1.29, 1.82) is 0 Å². The molecule has 3 N–H and O–H groups in total. The number of rotatable bonds is 5. The summed E-state index contributed by atoms with van der Waals surface area (Å²) in [7, 11) is 0. The van der Waals surface area contributed by atoms with E-state index < -0.39 is 0 Å². The first-order chi connectivity index (χ1) is 9.24. The molecule has 1 atom stereocenters. The van der Waals surface area contributed by atoms with E-state index >= 15 is 0 Å². The minimum atomic E-state index is -0.274. The van der Waals surface area contributed by atoms with Gasteiger partial charge < -0.3 is 4.74 Å². The quantitative estimate of drug-likeness (QED) is 0.642. The molecule has 4 heteroatoms. The smallest absolute Gasteiger partial charge is 0.123 e. The maximum Gasteiger partial charge on any atom is 0.123 e. The fourth-order valence-electron chi connectivity index (χ4n) is 1.99. The van der Waals surface area contributed by atoms with Crippen LogP contribution < -0.4 is 16.0 Å². The largest absolute Gasteiger partial charge is 0.494 e. The van der Waals surface area contributed by atoms with E-state index in [0.29, 0.717) is 6.61 Å². The van der Waals surface area contributed by atoms with Crippen LogP contribution in [0, 0.1) is 5.82 Å². The molecule has 0 radical (unpaired) electrons. The molecule has 2 aromatic rings. The predicted octanol–water partition coefficient (Wildman–Crippen LogP) is 2.78. The van der Waals surface area contributed by atoms with E-state index in [1.165, 1.54) is 12.1 Å². The molecule has 0 saturated heterocycles. The molecule has 100 valence electrons. The molecule has 0 amide bonds. The van der Waals surface area contributed by atoms with Gasteiger partial charge in [0.1, 0.15) is 11.6 Å². The zero-order valence-corrected chi connectivity index (χ0v) is 10.8. The van der Waals surface area contributed by atoms with Crippen molar-refractivity contribution in [3.8, 4) is 5.75 Å². The molecule has 3 nitrogen and oxygen atoms in total. The van der Waals surface area contributed by atoms with Crippen molar-refractivity contribution >= 4 is 0 Å². The van der Waals surface area contributed by atoms with Gasteiger partial charge in [0, 0.05) is 0 Å². The molecule has 0 heterocycles. The molecule has 0 saturated carbocycles. The van der Waals surface area contributed by atoms with Crippen LogP contribution in [-0.2, 0) is 0 Å². The maximum absolute atomic E-state index is 13.3. The van der Waals surface area contributed by atoms with E-state index in [-0.39, 0.29) is 11.9 Å². The van der Waals surface area contributed by atoms with Crippen LogP contribution in [0.15, 0.2) is 48.5 Å². The summed E-state index contributed by atoms with van der Waals surface area (Å²) in [6, 6.07) is 13.7. The van der Waals surface area contributed by atoms with Gasteiger partial charge in [0.05, 0.1) is 12.6 Å². The standard InChI is InChI=1S/C15H17FN2O/c1-2-19-14-8-6-11(7-9-14)15(18-17)12-4-3-5-13(16)10-12/h3-10,15,18H,2,17H2,1H3. The van der Waals surface area contributed by atoms with Gasteiger partial charge in [0.15, 0.2) is 0 Å². The molecular weight excluding hydrogens is 243 g/mol. The molecule has 0 fully saturated rings. The number of hydrazine groups is 1. The van der Waals surface area contributed by atoms with Crippen molar-refractivity contribution in [3.05, 3.63) is 65.5 Å². The lowest BCUT2D eigenvalue weighted by Gasteiger charge is -2.17. The lowest BCUT2D eigenvalue weighted by atomic mass is 9.99. The van der Waals surface area contributed by atoms with E-state index in [9.17, 15) is 4.39 Å². The highest BCUT2D eigenvalue weighted by Crippen LogP contribution is 2.24. The Labute approximate surface area is 112 Å². The van der Waals surface area contributed by atoms with Gasteiger partial charge in [-0.05, 0) is 42.3 Å². The summed E-state index contributed by atoms with van der Waals surface area (Å²) in [4.78, 5) is 0. The third kappa shape index (κ3) is 3.30. The van der Waals surface area contributed by atoms with E-state index in [1.54, 1.807) is 6.07 Å². The Morgan fingerprint density at radius 1 is 1.16 bits per heavy atom. The molecule has 2 aromatic carbocycles. The Bertz CT molecular complexity index is 528. The van der Waals surface area contributed by atoms with Crippen LogP contribution in [0.4, 0.5) is 4.39 Å². The molecule has 0 aromatic heterocycles. The number of nitrogens with two attached hydrogens (primary N) is 1. The van der Waals surface area contributed by atoms with Crippen molar-refractivity contribution in [3.63, 3.8) is 0 Å². The van der Waals surface area contributed by atoms with Gasteiger partial charge in [-0.25, -0.2) is 9.82 Å².